The van der Waals surface area contributed by atoms with Crippen LogP contribution in [0.1, 0.15) is 38.5 Å². The van der Waals surface area contributed by atoms with Crippen LogP contribution in [0.3, 0.4) is 0 Å². The summed E-state index contributed by atoms with van der Waals surface area (Å²) in [6.07, 6.45) is 7.87. The standard InChI is InChI=1S/C25H35ClN6O2/c26-21-14-28-24(31-18-5-4-17(12-18)30-19-6-9-34-15-19)13-20(21)22-2-1-3-23(32-22)29-16-25(27)7-10-33-11-8-25/h1-3,13-14,17-19,30H,4-12,15-16,27H2,(H,28,31)(H,29,32)/t17-,18-,19?/m1/s1. The Labute approximate surface area is 206 Å². The van der Waals surface area contributed by atoms with Crippen LogP contribution in [-0.4, -0.2) is 66.6 Å². The zero-order valence-electron chi connectivity index (χ0n) is 19.6. The molecule has 1 aliphatic carbocycles. The number of rotatable bonds is 8. The molecule has 0 radical (unpaired) electrons. The first-order chi connectivity index (χ1) is 16.6. The second-order valence-corrected chi connectivity index (χ2v) is 10.3. The summed E-state index contributed by atoms with van der Waals surface area (Å²) in [6, 6.07) is 9.34. The molecule has 2 aliphatic heterocycles. The summed E-state index contributed by atoms with van der Waals surface area (Å²) in [4.78, 5) is 9.33. The third kappa shape index (κ3) is 5.98. The fourth-order valence-electron chi connectivity index (χ4n) is 5.09. The van der Waals surface area contributed by atoms with Gasteiger partial charge in [0.2, 0.25) is 0 Å². The number of nitrogens with two attached hydrogens (primary N) is 1. The van der Waals surface area contributed by atoms with E-state index in [4.69, 9.17) is 31.8 Å². The third-order valence-corrected chi connectivity index (χ3v) is 7.48. The molecule has 0 amide bonds. The molecule has 9 heteroatoms. The van der Waals surface area contributed by atoms with Crippen LogP contribution in [0, 0.1) is 0 Å². The lowest BCUT2D eigenvalue weighted by Crippen LogP contribution is -2.50. The van der Waals surface area contributed by atoms with Crippen molar-refractivity contribution in [1.82, 2.24) is 15.3 Å². The minimum absolute atomic E-state index is 0.264. The highest BCUT2D eigenvalue weighted by molar-refractivity contribution is 6.33. The van der Waals surface area contributed by atoms with Crippen LogP contribution < -0.4 is 21.7 Å². The number of nitrogens with one attached hydrogen (secondary N) is 3. The third-order valence-electron chi connectivity index (χ3n) is 7.18. The number of anilines is 2. The number of nitrogens with zero attached hydrogens (tertiary/aromatic N) is 2. The van der Waals surface area contributed by atoms with Crippen LogP contribution in [0.25, 0.3) is 11.3 Å². The molecule has 5 rings (SSSR count). The van der Waals surface area contributed by atoms with Gasteiger partial charge in [-0.25, -0.2) is 9.97 Å². The molecule has 2 aromatic heterocycles. The largest absolute Gasteiger partial charge is 0.381 e. The number of pyridine rings is 2. The first-order valence-electron chi connectivity index (χ1n) is 12.4. The van der Waals surface area contributed by atoms with E-state index in [1.165, 1.54) is 6.42 Å². The van der Waals surface area contributed by atoms with E-state index in [2.05, 4.69) is 20.9 Å². The van der Waals surface area contributed by atoms with Gasteiger partial charge < -0.3 is 31.2 Å². The van der Waals surface area contributed by atoms with Gasteiger partial charge >= 0.3 is 0 Å². The molecule has 1 unspecified atom stereocenters. The number of ether oxygens (including phenoxy) is 2. The highest BCUT2D eigenvalue weighted by Crippen LogP contribution is 2.31. The van der Waals surface area contributed by atoms with E-state index in [1.807, 2.05) is 24.3 Å². The summed E-state index contributed by atoms with van der Waals surface area (Å²) in [5.41, 5.74) is 7.93. The van der Waals surface area contributed by atoms with Crippen molar-refractivity contribution in [2.24, 2.45) is 5.73 Å². The van der Waals surface area contributed by atoms with E-state index in [0.29, 0.717) is 42.9 Å². The van der Waals surface area contributed by atoms with Crippen LogP contribution in [0.15, 0.2) is 30.5 Å². The van der Waals surface area contributed by atoms with E-state index in [1.54, 1.807) is 6.20 Å². The number of hydrogen-bond donors (Lipinski definition) is 4. The maximum Gasteiger partial charge on any atom is 0.126 e. The van der Waals surface area contributed by atoms with Crippen molar-refractivity contribution in [2.45, 2.75) is 62.2 Å². The van der Waals surface area contributed by atoms with Gasteiger partial charge in [0.15, 0.2) is 0 Å². The van der Waals surface area contributed by atoms with Crippen LogP contribution in [0.2, 0.25) is 5.02 Å². The molecule has 184 valence electrons. The van der Waals surface area contributed by atoms with Gasteiger partial charge in [-0.05, 0) is 56.7 Å². The van der Waals surface area contributed by atoms with Crippen LogP contribution in [-0.2, 0) is 9.47 Å². The summed E-state index contributed by atoms with van der Waals surface area (Å²) in [5, 5.41) is 11.3. The van der Waals surface area contributed by atoms with Gasteiger partial charge in [-0.15, -0.1) is 0 Å². The van der Waals surface area contributed by atoms with Crippen LogP contribution in [0.4, 0.5) is 11.6 Å². The zero-order valence-corrected chi connectivity index (χ0v) is 20.3. The van der Waals surface area contributed by atoms with E-state index in [-0.39, 0.29) is 5.54 Å². The van der Waals surface area contributed by atoms with Crippen molar-refractivity contribution < 1.29 is 9.47 Å². The second-order valence-electron chi connectivity index (χ2n) is 9.86. The quantitative estimate of drug-likeness (QED) is 0.449. The van der Waals surface area contributed by atoms with Crippen LogP contribution in [0.5, 0.6) is 0 Å². The first kappa shape index (κ1) is 23.8. The average molecular weight is 487 g/mol. The van der Waals surface area contributed by atoms with Crippen molar-refractivity contribution in [1.29, 1.82) is 0 Å². The first-order valence-corrected chi connectivity index (χ1v) is 12.8. The Kier molecular flexibility index (Phi) is 7.51. The fourth-order valence-corrected chi connectivity index (χ4v) is 5.29. The highest BCUT2D eigenvalue weighted by atomic mass is 35.5. The number of aromatic nitrogens is 2. The van der Waals surface area contributed by atoms with Crippen LogP contribution >= 0.6 is 11.6 Å². The average Bonchev–Trinajstić information content (AvgIpc) is 3.52. The SMILES string of the molecule is NC1(CNc2cccc(-c3cc(N[C@@H]4CC[C@@H](NC5CCOC5)C4)ncc3Cl)n2)CCOCC1. The van der Waals surface area contributed by atoms with Crippen molar-refractivity contribution >= 4 is 23.2 Å². The molecule has 3 fully saturated rings. The maximum atomic E-state index is 6.53. The van der Waals surface area contributed by atoms with E-state index in [9.17, 15) is 0 Å². The van der Waals surface area contributed by atoms with E-state index in [0.717, 1.165) is 68.2 Å². The zero-order chi connectivity index (χ0) is 23.4. The number of hydrogen-bond acceptors (Lipinski definition) is 8. The minimum Gasteiger partial charge on any atom is -0.381 e. The van der Waals surface area contributed by atoms with Crippen molar-refractivity contribution in [2.75, 3.05) is 43.6 Å². The van der Waals surface area contributed by atoms with Crippen molar-refractivity contribution in [3.05, 3.63) is 35.5 Å². The van der Waals surface area contributed by atoms with E-state index < -0.39 is 0 Å². The molecule has 3 atom stereocenters. The van der Waals surface area contributed by atoms with Gasteiger partial charge in [0.25, 0.3) is 0 Å². The van der Waals surface area contributed by atoms with Gasteiger partial charge in [0.1, 0.15) is 11.6 Å². The summed E-state index contributed by atoms with van der Waals surface area (Å²) in [6.45, 7) is 3.78. The Bertz CT molecular complexity index is 964. The normalized spacial score (nSPS) is 26.5. The van der Waals surface area contributed by atoms with Gasteiger partial charge in [-0.1, -0.05) is 17.7 Å². The molecule has 0 bridgehead atoms. The van der Waals surface area contributed by atoms with Crippen molar-refractivity contribution in [3.8, 4) is 11.3 Å². The van der Waals surface area contributed by atoms with Gasteiger partial charge in [0.05, 0.1) is 17.3 Å². The lowest BCUT2D eigenvalue weighted by atomic mass is 9.91. The topological polar surface area (TPSA) is 106 Å². The molecular formula is C25H35ClN6O2. The molecule has 4 heterocycles. The smallest absolute Gasteiger partial charge is 0.126 e. The molecule has 0 spiro atoms. The highest BCUT2D eigenvalue weighted by Gasteiger charge is 2.29. The molecule has 34 heavy (non-hydrogen) atoms. The maximum absolute atomic E-state index is 6.53. The Morgan fingerprint density at radius 3 is 2.71 bits per heavy atom. The Morgan fingerprint density at radius 2 is 1.88 bits per heavy atom. The predicted molar refractivity (Wildman–Crippen MR) is 135 cm³/mol. The van der Waals surface area contributed by atoms with Crippen molar-refractivity contribution in [3.63, 3.8) is 0 Å². The molecule has 1 saturated carbocycles. The molecule has 0 aromatic carbocycles. The van der Waals surface area contributed by atoms with E-state index >= 15 is 0 Å². The molecule has 2 aromatic rings. The summed E-state index contributed by atoms with van der Waals surface area (Å²) in [5.74, 6) is 1.62. The Hall–Kier alpha value is -1.97. The number of halogens is 1. The van der Waals surface area contributed by atoms with Gasteiger partial charge in [-0.3, -0.25) is 0 Å². The Morgan fingerprint density at radius 1 is 1.03 bits per heavy atom. The Balaban J connectivity index is 1.22. The summed E-state index contributed by atoms with van der Waals surface area (Å²) < 4.78 is 10.9. The fraction of sp³-hybridized carbons (Fsp3) is 0.600. The molecular weight excluding hydrogens is 452 g/mol. The predicted octanol–water partition coefficient (Wildman–Crippen LogP) is 3.43. The second kappa shape index (κ2) is 10.7. The van der Waals surface area contributed by atoms with Gasteiger partial charge in [0, 0.05) is 61.8 Å². The summed E-state index contributed by atoms with van der Waals surface area (Å²) >= 11 is 6.53. The molecule has 5 N–H and O–H groups in total. The molecule has 2 saturated heterocycles. The monoisotopic (exact) mass is 486 g/mol. The minimum atomic E-state index is -0.264. The lowest BCUT2D eigenvalue weighted by Gasteiger charge is -2.33. The van der Waals surface area contributed by atoms with Gasteiger partial charge in [-0.2, -0.15) is 0 Å². The molecule has 8 nitrogen and oxygen atoms in total. The molecule has 3 aliphatic rings. The summed E-state index contributed by atoms with van der Waals surface area (Å²) in [7, 11) is 0. The lowest BCUT2D eigenvalue weighted by molar-refractivity contribution is 0.0574.